The number of nitrogens with zero attached hydrogens (tertiary/aromatic N) is 2. The quantitative estimate of drug-likeness (QED) is 0.559. The van der Waals surface area contributed by atoms with Crippen LogP contribution in [0.4, 0.5) is 4.39 Å². The van der Waals surface area contributed by atoms with Gasteiger partial charge in [-0.2, -0.15) is 0 Å². The predicted molar refractivity (Wildman–Crippen MR) is 127 cm³/mol. The van der Waals surface area contributed by atoms with Gasteiger partial charge in [0.1, 0.15) is 11.6 Å². The molecule has 170 valence electrons. The molecular formula is C26H38FN3O. The molecule has 0 amide bonds. The lowest BCUT2D eigenvalue weighted by Gasteiger charge is -2.40. The normalized spacial score (nSPS) is 15.1. The molecule has 0 aromatic heterocycles. The Labute approximate surface area is 188 Å². The minimum Gasteiger partial charge on any atom is -0.493 e. The van der Waals surface area contributed by atoms with E-state index in [1.165, 1.54) is 17.7 Å². The molecule has 0 unspecified atom stereocenters. The molecule has 1 aliphatic heterocycles. The highest BCUT2D eigenvalue weighted by Crippen LogP contribution is 2.22. The summed E-state index contributed by atoms with van der Waals surface area (Å²) in [5, 5.41) is 3.51. The molecule has 1 saturated heterocycles. The second kappa shape index (κ2) is 11.2. The molecule has 31 heavy (non-hydrogen) atoms. The van der Waals surface area contributed by atoms with Gasteiger partial charge in [0.25, 0.3) is 0 Å². The molecule has 5 heteroatoms. The van der Waals surface area contributed by atoms with Crippen molar-refractivity contribution >= 4 is 0 Å². The van der Waals surface area contributed by atoms with Crippen molar-refractivity contribution in [2.24, 2.45) is 5.92 Å². The van der Waals surface area contributed by atoms with Crippen LogP contribution in [-0.4, -0.2) is 42.6 Å². The monoisotopic (exact) mass is 427 g/mol. The van der Waals surface area contributed by atoms with Gasteiger partial charge in [-0.05, 0) is 74.3 Å². The van der Waals surface area contributed by atoms with Crippen molar-refractivity contribution in [3.63, 3.8) is 0 Å². The molecule has 3 rings (SSSR count). The molecule has 0 bridgehead atoms. The zero-order chi connectivity index (χ0) is 22.2. The van der Waals surface area contributed by atoms with Gasteiger partial charge in [0.05, 0.1) is 12.4 Å². The Morgan fingerprint density at radius 1 is 1.13 bits per heavy atom. The van der Waals surface area contributed by atoms with Crippen LogP contribution < -0.4 is 10.1 Å². The largest absolute Gasteiger partial charge is 0.493 e. The second-order valence-electron chi connectivity index (χ2n) is 8.94. The van der Waals surface area contributed by atoms with E-state index >= 15 is 0 Å². The number of ether oxygens (including phenoxy) is 1. The number of likely N-dealkylation sites (tertiary alicyclic amines) is 1. The predicted octanol–water partition coefficient (Wildman–Crippen LogP) is 5.26. The van der Waals surface area contributed by atoms with Gasteiger partial charge in [0.15, 0.2) is 0 Å². The fourth-order valence-electron chi connectivity index (χ4n) is 3.81. The summed E-state index contributed by atoms with van der Waals surface area (Å²) in [7, 11) is 2.17. The molecule has 4 nitrogen and oxygen atoms in total. The summed E-state index contributed by atoms with van der Waals surface area (Å²) in [6, 6.07) is 15.4. The highest BCUT2D eigenvalue weighted by Gasteiger charge is 2.24. The Morgan fingerprint density at radius 2 is 1.74 bits per heavy atom. The number of piperidine rings is 1. The molecule has 1 aliphatic rings. The minimum absolute atomic E-state index is 0. The van der Waals surface area contributed by atoms with Crippen LogP contribution in [0.5, 0.6) is 5.75 Å². The van der Waals surface area contributed by atoms with E-state index in [-0.39, 0.29) is 7.24 Å². The van der Waals surface area contributed by atoms with Gasteiger partial charge in [-0.1, -0.05) is 44.7 Å². The Morgan fingerprint density at radius 3 is 2.35 bits per heavy atom. The highest BCUT2D eigenvalue weighted by molar-refractivity contribution is 5.27. The summed E-state index contributed by atoms with van der Waals surface area (Å²) >= 11 is 0. The summed E-state index contributed by atoms with van der Waals surface area (Å²) in [5.41, 5.74) is 2.28. The van der Waals surface area contributed by atoms with Crippen LogP contribution in [0.2, 0.25) is 0 Å². The topological polar surface area (TPSA) is 27.7 Å². The molecule has 2 aromatic rings. The van der Waals surface area contributed by atoms with Gasteiger partial charge in [-0.3, -0.25) is 0 Å². The lowest BCUT2D eigenvalue weighted by atomic mass is 10.0. The van der Waals surface area contributed by atoms with E-state index in [9.17, 15) is 4.39 Å². The van der Waals surface area contributed by atoms with Gasteiger partial charge in [-0.15, -0.1) is 0 Å². The van der Waals surface area contributed by atoms with Gasteiger partial charge in [0.2, 0.25) is 0 Å². The maximum absolute atomic E-state index is 13.3. The Bertz CT molecular complexity index is 818. The van der Waals surface area contributed by atoms with E-state index in [1.54, 1.807) is 0 Å². The van der Waals surface area contributed by atoms with Crippen molar-refractivity contribution in [3.05, 3.63) is 77.9 Å². The van der Waals surface area contributed by atoms with Crippen LogP contribution in [0, 0.1) is 11.7 Å². The van der Waals surface area contributed by atoms with Gasteiger partial charge in [-0.25, -0.2) is 4.39 Å². The van der Waals surface area contributed by atoms with E-state index in [1.807, 2.05) is 24.3 Å². The van der Waals surface area contributed by atoms with Crippen LogP contribution >= 0.6 is 0 Å². The number of halogens is 1. The molecule has 0 radical (unpaired) electrons. The van der Waals surface area contributed by atoms with Crippen molar-refractivity contribution < 1.29 is 10.6 Å². The lowest BCUT2D eigenvalue weighted by Crippen LogP contribution is -2.45. The molecule has 1 fully saturated rings. The first-order valence-corrected chi connectivity index (χ1v) is 11.2. The molecule has 1 heterocycles. The van der Waals surface area contributed by atoms with E-state index in [2.05, 4.69) is 54.7 Å². The molecule has 2 aromatic carbocycles. The van der Waals surface area contributed by atoms with Crippen LogP contribution in [0.15, 0.2) is 60.9 Å². The third-order valence-corrected chi connectivity index (χ3v) is 5.74. The maximum atomic E-state index is 13.3. The summed E-state index contributed by atoms with van der Waals surface area (Å²) in [6.45, 7) is 12.9. The number of nitrogens with one attached hydrogen (secondary N) is 1. The third-order valence-electron chi connectivity index (χ3n) is 5.74. The Balaban J connectivity index is 0.00000363. The molecule has 0 saturated carbocycles. The summed E-state index contributed by atoms with van der Waals surface area (Å²) in [6.07, 6.45) is 2.20. The van der Waals surface area contributed by atoms with Gasteiger partial charge < -0.3 is 19.9 Å². The summed E-state index contributed by atoms with van der Waals surface area (Å²) in [5.74, 6) is 2.13. The molecule has 0 spiro atoms. The van der Waals surface area contributed by atoms with Crippen LogP contribution in [0.25, 0.3) is 0 Å². The molecule has 1 N–H and O–H groups in total. The Hall–Kier alpha value is -2.53. The van der Waals surface area contributed by atoms with Crippen LogP contribution in [0.1, 0.15) is 39.2 Å². The van der Waals surface area contributed by atoms with Crippen LogP contribution in [0.3, 0.4) is 0 Å². The minimum atomic E-state index is -0.202. The smallest absolute Gasteiger partial charge is 0.123 e. The first-order chi connectivity index (χ1) is 14.9. The average molecular weight is 428 g/mol. The van der Waals surface area contributed by atoms with E-state index in [4.69, 9.17) is 4.74 Å². The summed E-state index contributed by atoms with van der Waals surface area (Å²) < 4.78 is 19.1. The van der Waals surface area contributed by atoms with Gasteiger partial charge in [0, 0.05) is 20.6 Å². The SMILES string of the molecule is C=C(NCc1ccc(OCC(C)C)cc1)N(Cc1ccc(F)cc1)C1CCN(C)CC1.[HH]. The number of hydrogen-bond donors (Lipinski definition) is 1. The van der Waals surface area contributed by atoms with E-state index < -0.39 is 0 Å². The molecule has 0 atom stereocenters. The zero-order valence-corrected chi connectivity index (χ0v) is 19.1. The lowest BCUT2D eigenvalue weighted by molar-refractivity contribution is 0.138. The zero-order valence-electron chi connectivity index (χ0n) is 19.1. The fraction of sp³-hybridized carbons (Fsp3) is 0.462. The van der Waals surface area contributed by atoms with E-state index in [0.717, 1.165) is 56.2 Å². The van der Waals surface area contributed by atoms with Crippen LogP contribution in [-0.2, 0) is 13.1 Å². The van der Waals surface area contributed by atoms with E-state index in [0.29, 0.717) is 18.5 Å². The number of rotatable bonds is 10. The first-order valence-electron chi connectivity index (χ1n) is 11.2. The second-order valence-corrected chi connectivity index (χ2v) is 8.94. The number of hydrogen-bond acceptors (Lipinski definition) is 4. The van der Waals surface area contributed by atoms with Crippen molar-refractivity contribution in [2.45, 2.75) is 45.8 Å². The van der Waals surface area contributed by atoms with Crippen molar-refractivity contribution in [2.75, 3.05) is 26.7 Å². The standard InChI is InChI=1S/C26H36FN3O.H2/c1-20(2)19-31-26-11-7-22(8-12-26)17-28-21(3)30(25-13-15-29(4)16-14-25)18-23-5-9-24(27)10-6-23;/h5-12,20,25,28H,3,13-19H2,1-2,4H3;1H. The average Bonchev–Trinajstić information content (AvgIpc) is 2.77. The first kappa shape index (κ1) is 23.1. The van der Waals surface area contributed by atoms with Crippen molar-refractivity contribution in [1.82, 2.24) is 15.1 Å². The summed E-state index contributed by atoms with van der Waals surface area (Å²) in [4.78, 5) is 4.71. The third kappa shape index (κ3) is 7.28. The highest BCUT2D eigenvalue weighted by atomic mass is 19.1. The van der Waals surface area contributed by atoms with Crippen molar-refractivity contribution in [1.29, 1.82) is 0 Å². The molecular weight excluding hydrogens is 389 g/mol. The number of benzene rings is 2. The molecule has 0 aliphatic carbocycles. The van der Waals surface area contributed by atoms with Gasteiger partial charge >= 0.3 is 0 Å². The maximum Gasteiger partial charge on any atom is 0.123 e. The van der Waals surface area contributed by atoms with Crippen molar-refractivity contribution in [3.8, 4) is 5.75 Å². The Kier molecular flexibility index (Phi) is 8.35. The fourth-order valence-corrected chi connectivity index (χ4v) is 3.81.